The minimum Gasteiger partial charge on any atom is -0.487 e. The van der Waals surface area contributed by atoms with E-state index in [1.807, 2.05) is 135 Å². The number of amides is 2. The molecule has 2 amide bonds. The number of nitrogens with one attached hydrogen (secondary N) is 4. The first kappa shape index (κ1) is 33.2. The molecule has 0 aliphatic carbocycles. The summed E-state index contributed by atoms with van der Waals surface area (Å²) in [5.74, 6) is 0.575. The van der Waals surface area contributed by atoms with Crippen molar-refractivity contribution in [3.8, 4) is 16.9 Å². The maximum Gasteiger partial charge on any atom is 0.323 e. The number of fused-ring (bicyclic) bond motifs is 1. The molecule has 0 spiro atoms. The van der Waals surface area contributed by atoms with E-state index in [2.05, 4.69) is 20.9 Å². The zero-order chi connectivity index (χ0) is 34.2. The van der Waals surface area contributed by atoms with Crippen molar-refractivity contribution in [1.29, 1.82) is 0 Å². The van der Waals surface area contributed by atoms with Crippen LogP contribution in [0.25, 0.3) is 22.0 Å². The lowest BCUT2D eigenvalue weighted by molar-refractivity contribution is 0.101. The van der Waals surface area contributed by atoms with Crippen LogP contribution in [0, 0.1) is 0 Å². The number of carbonyl (C=O) groups excluding carboxylic acids is 1. The highest BCUT2D eigenvalue weighted by Gasteiger charge is 2.23. The van der Waals surface area contributed by atoms with Crippen molar-refractivity contribution in [2.75, 3.05) is 10.6 Å². The highest BCUT2D eigenvalue weighted by molar-refractivity contribution is 6.02. The van der Waals surface area contributed by atoms with E-state index in [4.69, 9.17) is 4.74 Å². The maximum atomic E-state index is 13.0. The zero-order valence-corrected chi connectivity index (χ0v) is 27.6. The summed E-state index contributed by atoms with van der Waals surface area (Å²) in [6.07, 6.45) is 0.0493. The number of carbonyl (C=O) groups is 1. The van der Waals surface area contributed by atoms with Crippen LogP contribution in [-0.4, -0.2) is 27.9 Å². The van der Waals surface area contributed by atoms with Crippen LogP contribution >= 0.6 is 0 Å². The Morgan fingerprint density at radius 2 is 1.51 bits per heavy atom. The molecule has 0 radical (unpaired) electrons. The summed E-state index contributed by atoms with van der Waals surface area (Å²) in [5.41, 5.74) is 6.12. The van der Waals surface area contributed by atoms with Crippen LogP contribution in [0.5, 0.6) is 5.75 Å². The van der Waals surface area contributed by atoms with Crippen molar-refractivity contribution in [2.24, 2.45) is 0 Å². The number of H-pyrrole nitrogens is 1. The van der Waals surface area contributed by atoms with Gasteiger partial charge in [-0.25, -0.2) is 4.79 Å². The second-order valence-corrected chi connectivity index (χ2v) is 12.7. The number of aromatic nitrogens is 1. The van der Waals surface area contributed by atoms with Gasteiger partial charge in [-0.3, -0.25) is 10.1 Å². The van der Waals surface area contributed by atoms with E-state index in [9.17, 15) is 14.7 Å². The third-order valence-corrected chi connectivity index (χ3v) is 8.25. The van der Waals surface area contributed by atoms with Gasteiger partial charge in [0.1, 0.15) is 18.6 Å². The van der Waals surface area contributed by atoms with Crippen molar-refractivity contribution < 1.29 is 14.6 Å². The monoisotopic (exact) mass is 652 g/mol. The van der Waals surface area contributed by atoms with Crippen molar-refractivity contribution in [1.82, 2.24) is 10.3 Å². The Hall–Kier alpha value is -5.70. The van der Waals surface area contributed by atoms with Gasteiger partial charge in [-0.1, -0.05) is 97.1 Å². The lowest BCUT2D eigenvalue weighted by Crippen LogP contribution is -2.48. The molecule has 0 bridgehead atoms. The molecule has 5 aromatic carbocycles. The summed E-state index contributed by atoms with van der Waals surface area (Å²) >= 11 is 0. The van der Waals surface area contributed by atoms with Gasteiger partial charge < -0.3 is 25.5 Å². The van der Waals surface area contributed by atoms with Gasteiger partial charge in [-0.2, -0.15) is 0 Å². The number of hydrogen-bond donors (Lipinski definition) is 5. The highest BCUT2D eigenvalue weighted by Crippen LogP contribution is 2.29. The van der Waals surface area contributed by atoms with E-state index in [0.717, 1.165) is 38.9 Å². The Bertz CT molecular complexity index is 2090. The number of aromatic amines is 1. The number of aliphatic hydroxyl groups excluding tert-OH is 1. The Morgan fingerprint density at radius 3 is 2.31 bits per heavy atom. The third-order valence-electron chi connectivity index (χ3n) is 8.25. The molecule has 0 fully saturated rings. The molecule has 1 aromatic heterocycles. The first-order valence-electron chi connectivity index (χ1n) is 16.3. The molecule has 5 N–H and O–H groups in total. The third kappa shape index (κ3) is 8.81. The largest absolute Gasteiger partial charge is 0.487 e. The molecule has 8 nitrogen and oxygen atoms in total. The van der Waals surface area contributed by atoms with E-state index >= 15 is 0 Å². The van der Waals surface area contributed by atoms with Crippen LogP contribution in [0.3, 0.4) is 0 Å². The van der Waals surface area contributed by atoms with Gasteiger partial charge in [0.15, 0.2) is 0 Å². The van der Waals surface area contributed by atoms with Crippen LogP contribution in [0.15, 0.2) is 138 Å². The first-order chi connectivity index (χ1) is 23.7. The molecule has 0 saturated carbocycles. The first-order valence-corrected chi connectivity index (χ1v) is 16.3. The molecule has 6 rings (SSSR count). The average Bonchev–Trinajstić information content (AvgIpc) is 3.08. The van der Waals surface area contributed by atoms with Gasteiger partial charge in [0.05, 0.1) is 11.2 Å². The van der Waals surface area contributed by atoms with Crippen LogP contribution in [0.1, 0.15) is 30.5 Å². The van der Waals surface area contributed by atoms with E-state index in [-0.39, 0.29) is 11.6 Å². The minimum atomic E-state index is -0.863. The molecular weight excluding hydrogens is 612 g/mol. The van der Waals surface area contributed by atoms with E-state index in [1.165, 1.54) is 6.07 Å². The number of urea groups is 1. The normalized spacial score (nSPS) is 12.0. The quantitative estimate of drug-likeness (QED) is 0.0863. The molecule has 6 aromatic rings. The fraction of sp³-hybridized carbons (Fsp3) is 0.171. The lowest BCUT2D eigenvalue weighted by atomic mass is 9.93. The molecule has 0 saturated heterocycles. The Morgan fingerprint density at radius 1 is 0.796 bits per heavy atom. The summed E-state index contributed by atoms with van der Waals surface area (Å²) in [6.45, 7) is 4.42. The standard InChI is InChI=1S/C41H40N4O4/c1-41(2,26-29-14-11-17-32(24-29)42-40(48)43-35-19-10-9-18-33(35)30-15-7-4-8-16-30)45-38(47)25-31-20-22-36(39-34(31)21-23-37(46)44-39)49-27-28-12-5-3-6-13-28/h3-24,38,45,47H,25-27H2,1-2H3,(H,44,46)(H2,42,43,48). The molecule has 49 heavy (non-hydrogen) atoms. The summed E-state index contributed by atoms with van der Waals surface area (Å²) < 4.78 is 6.08. The highest BCUT2D eigenvalue weighted by atomic mass is 16.5. The van der Waals surface area contributed by atoms with Crippen molar-refractivity contribution in [3.63, 3.8) is 0 Å². The second-order valence-electron chi connectivity index (χ2n) is 12.7. The smallest absolute Gasteiger partial charge is 0.323 e. The summed E-state index contributed by atoms with van der Waals surface area (Å²) in [7, 11) is 0. The molecule has 1 atom stereocenters. The summed E-state index contributed by atoms with van der Waals surface area (Å²) in [6, 6.07) is 41.9. The van der Waals surface area contributed by atoms with Gasteiger partial charge in [0, 0.05) is 34.7 Å². The van der Waals surface area contributed by atoms with Gasteiger partial charge >= 0.3 is 6.03 Å². The molecule has 0 aliphatic rings. The molecule has 8 heteroatoms. The summed E-state index contributed by atoms with van der Waals surface area (Å²) in [5, 5.41) is 21.3. The second kappa shape index (κ2) is 15.0. The minimum absolute atomic E-state index is 0.222. The van der Waals surface area contributed by atoms with Crippen molar-refractivity contribution >= 4 is 28.3 Å². The average molecular weight is 653 g/mol. The van der Waals surface area contributed by atoms with Crippen molar-refractivity contribution in [2.45, 2.75) is 45.1 Å². The lowest BCUT2D eigenvalue weighted by Gasteiger charge is -2.30. The molecular formula is C41H40N4O4. The zero-order valence-electron chi connectivity index (χ0n) is 27.6. The Kier molecular flexibility index (Phi) is 10.2. The predicted octanol–water partition coefficient (Wildman–Crippen LogP) is 7.89. The molecule has 1 heterocycles. The number of benzene rings is 5. The summed E-state index contributed by atoms with van der Waals surface area (Å²) in [4.78, 5) is 28.2. The van der Waals surface area contributed by atoms with Gasteiger partial charge in [0.2, 0.25) is 5.56 Å². The number of pyridine rings is 1. The molecule has 248 valence electrons. The van der Waals surface area contributed by atoms with E-state index in [0.29, 0.717) is 36.4 Å². The van der Waals surface area contributed by atoms with Crippen LogP contribution in [0.2, 0.25) is 0 Å². The number of aliphatic hydroxyl groups is 1. The van der Waals surface area contributed by atoms with E-state index < -0.39 is 11.8 Å². The Labute approximate surface area is 285 Å². The van der Waals surface area contributed by atoms with Gasteiger partial charge in [0.25, 0.3) is 0 Å². The van der Waals surface area contributed by atoms with Gasteiger partial charge in [-0.05, 0) is 72.9 Å². The number of para-hydroxylation sites is 1. The van der Waals surface area contributed by atoms with Crippen LogP contribution < -0.4 is 26.2 Å². The SMILES string of the molecule is CC(C)(Cc1cccc(NC(=O)Nc2ccccc2-c2ccccc2)c1)NC(O)Cc1ccc(OCc2ccccc2)c2[nH]c(=O)ccc12. The fourth-order valence-electron chi connectivity index (χ4n) is 6.10. The number of ether oxygens (including phenoxy) is 1. The molecule has 1 unspecified atom stereocenters. The number of rotatable bonds is 12. The maximum absolute atomic E-state index is 13.0. The van der Waals surface area contributed by atoms with Crippen LogP contribution in [-0.2, 0) is 19.4 Å². The van der Waals surface area contributed by atoms with E-state index in [1.54, 1.807) is 6.07 Å². The fourth-order valence-corrected chi connectivity index (χ4v) is 6.10. The predicted molar refractivity (Wildman–Crippen MR) is 197 cm³/mol. The van der Waals surface area contributed by atoms with Crippen molar-refractivity contribution in [3.05, 3.63) is 161 Å². The van der Waals surface area contributed by atoms with Gasteiger partial charge in [-0.15, -0.1) is 0 Å². The van der Waals surface area contributed by atoms with Crippen LogP contribution in [0.4, 0.5) is 16.2 Å². The molecule has 0 aliphatic heterocycles. The Balaban J connectivity index is 1.08. The topological polar surface area (TPSA) is 115 Å². The number of anilines is 2. The number of hydrogen-bond acceptors (Lipinski definition) is 5.